The molecule has 1 heterocycles. The molecule has 0 saturated carbocycles. The summed E-state index contributed by atoms with van der Waals surface area (Å²) >= 11 is 0. The summed E-state index contributed by atoms with van der Waals surface area (Å²) in [6.07, 6.45) is 0. The number of amides is 1. The van der Waals surface area contributed by atoms with Crippen LogP contribution in [0.25, 0.3) is 0 Å². The summed E-state index contributed by atoms with van der Waals surface area (Å²) in [5, 5.41) is 2.71. The third kappa shape index (κ3) is 4.92. The molecular weight excluding hydrogens is 395 g/mol. The number of likely N-dealkylation sites (N-methyl/N-ethyl adjacent to an activating group) is 1. The van der Waals surface area contributed by atoms with Gasteiger partial charge in [-0.05, 0) is 43.9 Å². The molecule has 2 N–H and O–H groups in total. The molecule has 156 valence electrons. The lowest BCUT2D eigenvalue weighted by atomic mass is 10.1. The molecule has 0 unspecified atom stereocenters. The number of anilines is 1. The molecule has 7 nitrogen and oxygen atoms in total. The molecule has 1 aliphatic heterocycles. The third-order valence-electron chi connectivity index (χ3n) is 5.04. The highest BCUT2D eigenvalue weighted by molar-refractivity contribution is 7.89. The molecule has 0 radical (unpaired) electrons. The van der Waals surface area contributed by atoms with Crippen molar-refractivity contribution >= 4 is 21.6 Å². The van der Waals surface area contributed by atoms with E-state index in [4.69, 9.17) is 0 Å². The van der Waals surface area contributed by atoms with Crippen LogP contribution in [0.1, 0.15) is 15.9 Å². The number of benzene rings is 2. The van der Waals surface area contributed by atoms with Gasteiger partial charge in [0.05, 0.1) is 10.5 Å². The first-order valence-electron chi connectivity index (χ1n) is 9.34. The Bertz CT molecular complexity index is 989. The highest BCUT2D eigenvalue weighted by Gasteiger charge is 2.20. The average molecular weight is 421 g/mol. The lowest BCUT2D eigenvalue weighted by Gasteiger charge is -2.35. The normalized spacial score (nSPS) is 15.3. The number of nitrogens with zero attached hydrogens (tertiary/aromatic N) is 2. The van der Waals surface area contributed by atoms with Gasteiger partial charge < -0.3 is 15.1 Å². The SMILES string of the molecule is CNS(=O)(=O)c1ccc(F)c(C(=O)NCc2ccccc2N2CCN(C)CC2)c1. The van der Waals surface area contributed by atoms with Gasteiger partial charge in [0.25, 0.3) is 5.91 Å². The van der Waals surface area contributed by atoms with Gasteiger partial charge in [0, 0.05) is 38.4 Å². The zero-order valence-corrected chi connectivity index (χ0v) is 17.3. The van der Waals surface area contributed by atoms with Crippen molar-refractivity contribution in [1.82, 2.24) is 14.9 Å². The Hall–Kier alpha value is -2.49. The minimum Gasteiger partial charge on any atom is -0.369 e. The van der Waals surface area contributed by atoms with Crippen LogP contribution < -0.4 is 14.9 Å². The highest BCUT2D eigenvalue weighted by atomic mass is 32.2. The van der Waals surface area contributed by atoms with Gasteiger partial charge in [-0.25, -0.2) is 17.5 Å². The smallest absolute Gasteiger partial charge is 0.254 e. The molecule has 2 aromatic carbocycles. The number of halogens is 1. The molecule has 1 saturated heterocycles. The highest BCUT2D eigenvalue weighted by Crippen LogP contribution is 2.22. The molecule has 0 aromatic heterocycles. The summed E-state index contributed by atoms with van der Waals surface area (Å²) in [5.74, 6) is -1.44. The fourth-order valence-corrected chi connectivity index (χ4v) is 4.01. The monoisotopic (exact) mass is 420 g/mol. The quantitative estimate of drug-likeness (QED) is 0.739. The molecule has 2 aromatic rings. The van der Waals surface area contributed by atoms with E-state index < -0.39 is 21.7 Å². The number of sulfonamides is 1. The van der Waals surface area contributed by atoms with Gasteiger partial charge in [0.15, 0.2) is 0 Å². The van der Waals surface area contributed by atoms with Gasteiger partial charge in [0.1, 0.15) is 5.82 Å². The third-order valence-corrected chi connectivity index (χ3v) is 6.45. The molecule has 1 fully saturated rings. The Kier molecular flexibility index (Phi) is 6.51. The van der Waals surface area contributed by atoms with Crippen molar-refractivity contribution in [3.05, 3.63) is 59.4 Å². The van der Waals surface area contributed by atoms with Crippen LogP contribution in [0.15, 0.2) is 47.4 Å². The van der Waals surface area contributed by atoms with Crippen LogP contribution >= 0.6 is 0 Å². The topological polar surface area (TPSA) is 81.7 Å². The molecular formula is C20H25FN4O3S. The van der Waals surface area contributed by atoms with Crippen molar-refractivity contribution < 1.29 is 17.6 Å². The van der Waals surface area contributed by atoms with E-state index >= 15 is 0 Å². The van der Waals surface area contributed by atoms with Crippen LogP contribution in [0.3, 0.4) is 0 Å². The van der Waals surface area contributed by atoms with Gasteiger partial charge in [-0.2, -0.15) is 0 Å². The molecule has 1 aliphatic rings. The first-order chi connectivity index (χ1) is 13.8. The lowest BCUT2D eigenvalue weighted by Crippen LogP contribution is -2.45. The van der Waals surface area contributed by atoms with Crippen molar-refractivity contribution in [3.8, 4) is 0 Å². The molecule has 0 aliphatic carbocycles. The Labute approximate surface area is 170 Å². The molecule has 1 amide bonds. The van der Waals surface area contributed by atoms with Crippen LogP contribution in [0.4, 0.5) is 10.1 Å². The van der Waals surface area contributed by atoms with Gasteiger partial charge in [0.2, 0.25) is 10.0 Å². The average Bonchev–Trinajstić information content (AvgIpc) is 2.73. The van der Waals surface area contributed by atoms with E-state index in [1.54, 1.807) is 0 Å². The number of piperazine rings is 1. The number of carbonyl (C=O) groups is 1. The Balaban J connectivity index is 1.76. The second-order valence-electron chi connectivity index (χ2n) is 6.95. The summed E-state index contributed by atoms with van der Waals surface area (Å²) in [5.41, 5.74) is 1.65. The van der Waals surface area contributed by atoms with E-state index in [9.17, 15) is 17.6 Å². The van der Waals surface area contributed by atoms with Crippen LogP contribution in [-0.2, 0) is 16.6 Å². The summed E-state index contributed by atoms with van der Waals surface area (Å²) in [4.78, 5) is 16.9. The minimum absolute atomic E-state index is 0.163. The van der Waals surface area contributed by atoms with E-state index in [1.165, 1.54) is 7.05 Å². The van der Waals surface area contributed by atoms with E-state index in [0.717, 1.165) is 55.6 Å². The van der Waals surface area contributed by atoms with Gasteiger partial charge in [-0.1, -0.05) is 18.2 Å². The second kappa shape index (κ2) is 8.89. The van der Waals surface area contributed by atoms with Crippen molar-refractivity contribution in [2.75, 3.05) is 45.2 Å². The van der Waals surface area contributed by atoms with Crippen molar-refractivity contribution in [3.63, 3.8) is 0 Å². The number of para-hydroxylation sites is 1. The van der Waals surface area contributed by atoms with Gasteiger partial charge in [-0.15, -0.1) is 0 Å². The van der Waals surface area contributed by atoms with Crippen molar-refractivity contribution in [2.24, 2.45) is 0 Å². The Morgan fingerprint density at radius 2 is 1.79 bits per heavy atom. The predicted molar refractivity (Wildman–Crippen MR) is 110 cm³/mol. The second-order valence-corrected chi connectivity index (χ2v) is 8.84. The van der Waals surface area contributed by atoms with Crippen LogP contribution in [0.5, 0.6) is 0 Å². The molecule has 0 bridgehead atoms. The van der Waals surface area contributed by atoms with E-state index in [2.05, 4.69) is 26.9 Å². The van der Waals surface area contributed by atoms with E-state index in [0.29, 0.717) is 0 Å². The fourth-order valence-electron chi connectivity index (χ4n) is 3.25. The van der Waals surface area contributed by atoms with Crippen molar-refractivity contribution in [1.29, 1.82) is 0 Å². The number of rotatable bonds is 6. The molecule has 3 rings (SSSR count). The van der Waals surface area contributed by atoms with Crippen LogP contribution in [-0.4, -0.2) is 59.5 Å². The molecule has 9 heteroatoms. The first kappa shape index (κ1) is 21.2. The van der Waals surface area contributed by atoms with E-state index in [-0.39, 0.29) is 17.0 Å². The zero-order valence-electron chi connectivity index (χ0n) is 16.5. The maximum absolute atomic E-state index is 14.2. The van der Waals surface area contributed by atoms with Gasteiger partial charge in [-0.3, -0.25) is 4.79 Å². The van der Waals surface area contributed by atoms with Crippen LogP contribution in [0.2, 0.25) is 0 Å². The largest absolute Gasteiger partial charge is 0.369 e. The first-order valence-corrected chi connectivity index (χ1v) is 10.8. The number of carbonyl (C=O) groups excluding carboxylic acids is 1. The van der Waals surface area contributed by atoms with E-state index in [1.807, 2.05) is 24.3 Å². The Morgan fingerprint density at radius 3 is 2.48 bits per heavy atom. The van der Waals surface area contributed by atoms with Crippen molar-refractivity contribution in [2.45, 2.75) is 11.4 Å². The molecule has 0 atom stereocenters. The van der Waals surface area contributed by atoms with Crippen LogP contribution in [0, 0.1) is 5.82 Å². The van der Waals surface area contributed by atoms with Gasteiger partial charge >= 0.3 is 0 Å². The maximum atomic E-state index is 14.2. The summed E-state index contributed by atoms with van der Waals surface area (Å²) in [7, 11) is -0.430. The molecule has 0 spiro atoms. The number of hydrogen-bond donors (Lipinski definition) is 2. The number of hydrogen-bond acceptors (Lipinski definition) is 5. The summed E-state index contributed by atoms with van der Waals surface area (Å²) < 4.78 is 40.2. The standard InChI is InChI=1S/C20H25FN4O3S/c1-22-29(27,28)16-7-8-18(21)17(13-16)20(26)23-14-15-5-3-4-6-19(15)25-11-9-24(2)10-12-25/h3-8,13,22H,9-12,14H2,1-2H3,(H,23,26). The lowest BCUT2D eigenvalue weighted by molar-refractivity contribution is 0.0946. The molecule has 29 heavy (non-hydrogen) atoms. The minimum atomic E-state index is -3.77. The number of nitrogens with one attached hydrogen (secondary N) is 2. The summed E-state index contributed by atoms with van der Waals surface area (Å²) in [6.45, 7) is 3.90. The fraction of sp³-hybridized carbons (Fsp3) is 0.350. The Morgan fingerprint density at radius 1 is 1.10 bits per heavy atom. The predicted octanol–water partition coefficient (Wildman–Crippen LogP) is 1.42. The zero-order chi connectivity index (χ0) is 21.0. The summed E-state index contributed by atoms with van der Waals surface area (Å²) in [6, 6.07) is 10.9. The maximum Gasteiger partial charge on any atom is 0.254 e.